The molecule has 0 saturated carbocycles. The monoisotopic (exact) mass is 346 g/mol. The number of nitrogens with one attached hydrogen (secondary N) is 1. The topological polar surface area (TPSA) is 59.1 Å². The summed E-state index contributed by atoms with van der Waals surface area (Å²) in [4.78, 5) is 3.99. The zero-order valence-corrected chi connectivity index (χ0v) is 11.2. The highest BCUT2D eigenvalue weighted by Crippen LogP contribution is 2.24. The molecule has 14 heavy (non-hydrogen) atoms. The molecule has 1 rings (SSSR count). The lowest BCUT2D eigenvalue weighted by molar-refractivity contribution is 0.607. The van der Waals surface area contributed by atoms with Crippen molar-refractivity contribution in [1.29, 1.82) is 0 Å². The van der Waals surface area contributed by atoms with Crippen molar-refractivity contribution < 1.29 is 8.42 Å². The van der Waals surface area contributed by atoms with E-state index in [1.165, 1.54) is 6.07 Å². The van der Waals surface area contributed by atoms with E-state index < -0.39 is 10.0 Å². The van der Waals surface area contributed by atoms with Crippen LogP contribution in [0, 0.1) is 10.5 Å². The normalized spacial score (nSPS) is 11.4. The minimum absolute atomic E-state index is 0.272. The third kappa shape index (κ3) is 3.25. The average molecular weight is 347 g/mol. The summed E-state index contributed by atoms with van der Waals surface area (Å²) in [5.74, 6) is 0. The van der Waals surface area contributed by atoms with Crippen molar-refractivity contribution in [2.75, 3.05) is 11.0 Å². The zero-order chi connectivity index (χ0) is 10.9. The van der Waals surface area contributed by atoms with E-state index in [4.69, 9.17) is 11.6 Å². The highest BCUT2D eigenvalue weighted by atomic mass is 127. The van der Waals surface area contributed by atoms with Crippen molar-refractivity contribution in [2.45, 2.75) is 6.92 Å². The van der Waals surface area contributed by atoms with Gasteiger partial charge in [-0.3, -0.25) is 4.72 Å². The van der Waals surface area contributed by atoms with Crippen LogP contribution in [0.1, 0.15) is 5.69 Å². The fraction of sp³-hybridized carbons (Fsp3) is 0.286. The van der Waals surface area contributed by atoms with Crippen molar-refractivity contribution in [3.63, 3.8) is 0 Å². The molecule has 0 aromatic carbocycles. The van der Waals surface area contributed by atoms with Crippen LogP contribution in [0.3, 0.4) is 0 Å². The second-order valence-corrected chi connectivity index (χ2v) is 5.98. The van der Waals surface area contributed by atoms with Gasteiger partial charge in [0, 0.05) is 6.07 Å². The fourth-order valence-corrected chi connectivity index (χ4v) is 2.28. The van der Waals surface area contributed by atoms with E-state index in [0.29, 0.717) is 11.4 Å². The van der Waals surface area contributed by atoms with Gasteiger partial charge in [0.05, 0.1) is 21.2 Å². The van der Waals surface area contributed by atoms with Gasteiger partial charge >= 0.3 is 0 Å². The fourth-order valence-electron chi connectivity index (χ4n) is 0.893. The Balaban J connectivity index is 3.22. The van der Waals surface area contributed by atoms with Crippen molar-refractivity contribution >= 4 is 49.9 Å². The smallest absolute Gasteiger partial charge is 0.229 e. The lowest BCUT2D eigenvalue weighted by Gasteiger charge is -2.08. The van der Waals surface area contributed by atoms with E-state index in [1.54, 1.807) is 6.92 Å². The maximum absolute atomic E-state index is 11.0. The highest BCUT2D eigenvalue weighted by molar-refractivity contribution is 14.1. The number of hydrogen-bond acceptors (Lipinski definition) is 3. The second-order valence-electron chi connectivity index (χ2n) is 2.77. The molecule has 0 aliphatic heterocycles. The van der Waals surface area contributed by atoms with E-state index in [1.807, 2.05) is 22.6 Å². The molecule has 7 heteroatoms. The first kappa shape index (κ1) is 12.0. The quantitative estimate of drug-likeness (QED) is 0.658. The van der Waals surface area contributed by atoms with E-state index in [2.05, 4.69) is 9.71 Å². The Hall–Kier alpha value is -0.0800. The summed E-state index contributed by atoms with van der Waals surface area (Å²) in [5, 5.41) is 0.272. The molecule has 78 valence electrons. The van der Waals surface area contributed by atoms with Gasteiger partial charge < -0.3 is 0 Å². The molecule has 0 unspecified atom stereocenters. The van der Waals surface area contributed by atoms with Gasteiger partial charge in [-0.25, -0.2) is 13.4 Å². The van der Waals surface area contributed by atoms with Crippen LogP contribution < -0.4 is 4.72 Å². The molecule has 0 radical (unpaired) electrons. The molecule has 0 aliphatic carbocycles. The van der Waals surface area contributed by atoms with Crippen LogP contribution in [0.4, 0.5) is 5.69 Å². The second kappa shape index (κ2) is 4.19. The molecular weight excluding hydrogens is 339 g/mol. The lowest BCUT2D eigenvalue weighted by Crippen LogP contribution is -2.11. The molecule has 0 aliphatic rings. The third-order valence-corrected chi connectivity index (χ3v) is 3.53. The molecule has 0 saturated heterocycles. The Bertz CT molecular complexity index is 461. The first-order valence-corrected chi connectivity index (χ1v) is 6.95. The number of aryl methyl sites for hydroxylation is 1. The summed E-state index contributed by atoms with van der Waals surface area (Å²) in [6, 6.07) is 1.48. The van der Waals surface area contributed by atoms with Gasteiger partial charge in [-0.2, -0.15) is 0 Å². The van der Waals surface area contributed by atoms with E-state index in [0.717, 1.165) is 9.83 Å². The van der Waals surface area contributed by atoms with Crippen LogP contribution in [0.25, 0.3) is 0 Å². The molecular formula is C7H8ClIN2O2S. The van der Waals surface area contributed by atoms with Crippen LogP contribution in [0.2, 0.25) is 5.15 Å². The molecule has 0 spiro atoms. The average Bonchev–Trinajstić information content (AvgIpc) is 1.96. The Morgan fingerprint density at radius 1 is 1.57 bits per heavy atom. The van der Waals surface area contributed by atoms with Crippen molar-refractivity contribution in [2.24, 2.45) is 0 Å². The summed E-state index contributed by atoms with van der Waals surface area (Å²) < 4.78 is 25.1. The van der Waals surface area contributed by atoms with Gasteiger partial charge in [0.1, 0.15) is 5.15 Å². The summed E-state index contributed by atoms with van der Waals surface area (Å²) >= 11 is 7.72. The van der Waals surface area contributed by atoms with Crippen LogP contribution in [-0.4, -0.2) is 19.7 Å². The third-order valence-electron chi connectivity index (χ3n) is 1.39. The minimum Gasteiger partial charge on any atom is -0.283 e. The predicted octanol–water partition coefficient (Wildman–Crippen LogP) is 2.02. The van der Waals surface area contributed by atoms with E-state index in [-0.39, 0.29) is 5.15 Å². The zero-order valence-electron chi connectivity index (χ0n) is 7.51. The summed E-state index contributed by atoms with van der Waals surface area (Å²) in [6.07, 6.45) is 1.09. The van der Waals surface area contributed by atoms with Gasteiger partial charge in [-0.15, -0.1) is 0 Å². The van der Waals surface area contributed by atoms with Gasteiger partial charge in [-0.1, -0.05) is 11.6 Å². The largest absolute Gasteiger partial charge is 0.283 e. The van der Waals surface area contributed by atoms with Gasteiger partial charge in [0.25, 0.3) is 0 Å². The Labute approximate surface area is 101 Å². The first-order chi connectivity index (χ1) is 6.29. The van der Waals surface area contributed by atoms with Gasteiger partial charge in [0.15, 0.2) is 0 Å². The number of rotatable bonds is 2. The Kier molecular flexibility index (Phi) is 3.59. The number of hydrogen-bond donors (Lipinski definition) is 1. The van der Waals surface area contributed by atoms with Crippen molar-refractivity contribution in [1.82, 2.24) is 4.98 Å². The molecule has 1 heterocycles. The minimum atomic E-state index is -3.27. The number of halogens is 2. The first-order valence-electron chi connectivity index (χ1n) is 3.60. The maximum atomic E-state index is 11.0. The molecule has 1 N–H and O–H groups in total. The Morgan fingerprint density at radius 2 is 2.14 bits per heavy atom. The van der Waals surface area contributed by atoms with Crippen LogP contribution >= 0.6 is 34.2 Å². The predicted molar refractivity (Wildman–Crippen MR) is 65.2 cm³/mol. The summed E-state index contributed by atoms with van der Waals surface area (Å²) in [7, 11) is -3.27. The maximum Gasteiger partial charge on any atom is 0.229 e. The van der Waals surface area contributed by atoms with Crippen molar-refractivity contribution in [3.8, 4) is 0 Å². The Morgan fingerprint density at radius 3 is 2.64 bits per heavy atom. The van der Waals surface area contributed by atoms with E-state index >= 15 is 0 Å². The van der Waals surface area contributed by atoms with Gasteiger partial charge in [0.2, 0.25) is 10.0 Å². The SMILES string of the molecule is Cc1nc(Cl)cc(NS(C)(=O)=O)c1I. The molecule has 0 atom stereocenters. The molecule has 0 amide bonds. The molecule has 1 aromatic rings. The number of sulfonamides is 1. The molecule has 4 nitrogen and oxygen atoms in total. The van der Waals surface area contributed by atoms with Crippen LogP contribution in [0.15, 0.2) is 6.07 Å². The standard InChI is InChI=1S/C7H8ClIN2O2S/c1-4-7(9)5(3-6(8)10-4)11-14(2,12)13/h3H,1-2H3,(H,10,11). The summed E-state index contributed by atoms with van der Waals surface area (Å²) in [6.45, 7) is 1.76. The van der Waals surface area contributed by atoms with Crippen LogP contribution in [0.5, 0.6) is 0 Å². The summed E-state index contributed by atoms with van der Waals surface area (Å²) in [5.41, 5.74) is 1.16. The number of nitrogens with zero attached hydrogens (tertiary/aromatic N) is 1. The number of anilines is 1. The number of aromatic nitrogens is 1. The molecule has 0 bridgehead atoms. The lowest BCUT2D eigenvalue weighted by atomic mass is 10.3. The molecule has 0 fully saturated rings. The van der Waals surface area contributed by atoms with Gasteiger partial charge in [-0.05, 0) is 29.5 Å². The van der Waals surface area contributed by atoms with E-state index in [9.17, 15) is 8.42 Å². The highest BCUT2D eigenvalue weighted by Gasteiger charge is 2.09. The van der Waals surface area contributed by atoms with Crippen LogP contribution in [-0.2, 0) is 10.0 Å². The van der Waals surface area contributed by atoms with Crippen molar-refractivity contribution in [3.05, 3.63) is 20.5 Å². The number of pyridine rings is 1. The molecule has 1 aromatic heterocycles.